The van der Waals surface area contributed by atoms with Crippen LogP contribution >= 0.6 is 0 Å². The summed E-state index contributed by atoms with van der Waals surface area (Å²) in [6, 6.07) is 7.51. The van der Waals surface area contributed by atoms with Crippen LogP contribution in [0.5, 0.6) is 5.75 Å². The summed E-state index contributed by atoms with van der Waals surface area (Å²) in [6.07, 6.45) is 1.55. The van der Waals surface area contributed by atoms with E-state index in [-0.39, 0.29) is 5.96 Å². The molecule has 0 saturated heterocycles. The molecule has 1 aromatic rings. The van der Waals surface area contributed by atoms with E-state index in [0.29, 0.717) is 6.61 Å². The predicted octanol–water partition coefficient (Wildman–Crippen LogP) is 0.693. The summed E-state index contributed by atoms with van der Waals surface area (Å²) in [5, 5.41) is 7.22. The number of rotatable bonds is 4. The monoisotopic (exact) mass is 206 g/mol. The van der Waals surface area contributed by atoms with Gasteiger partial charge in [-0.15, -0.1) is 5.10 Å². The molecule has 0 aliphatic rings. The molecular weight excluding hydrogens is 192 g/mol. The molecule has 0 aromatic heterocycles. The smallest absolute Gasteiger partial charge is 0.211 e. The topological polar surface area (TPSA) is 86.0 Å². The van der Waals surface area contributed by atoms with Gasteiger partial charge in [0.05, 0.1) is 12.8 Å². The molecule has 1 rings (SSSR count). The van der Waals surface area contributed by atoms with Crippen molar-refractivity contribution in [3.05, 3.63) is 29.8 Å². The molecule has 0 fully saturated rings. The quantitative estimate of drug-likeness (QED) is 0.432. The van der Waals surface area contributed by atoms with Crippen LogP contribution in [0.15, 0.2) is 34.5 Å². The molecule has 5 heteroatoms. The van der Waals surface area contributed by atoms with E-state index in [4.69, 9.17) is 16.2 Å². The maximum absolute atomic E-state index is 5.39. The molecule has 0 spiro atoms. The summed E-state index contributed by atoms with van der Waals surface area (Å²) in [5.74, 6) is 0.690. The molecule has 1 aromatic carbocycles. The van der Waals surface area contributed by atoms with E-state index < -0.39 is 0 Å². The minimum atomic E-state index is -0.0693. The lowest BCUT2D eigenvalue weighted by Gasteiger charge is -2.04. The van der Waals surface area contributed by atoms with Crippen LogP contribution in [-0.4, -0.2) is 18.8 Å². The molecule has 0 unspecified atom stereocenters. The van der Waals surface area contributed by atoms with Crippen molar-refractivity contribution in [1.29, 1.82) is 0 Å². The molecule has 15 heavy (non-hydrogen) atoms. The van der Waals surface area contributed by atoms with E-state index in [1.54, 1.807) is 6.21 Å². The summed E-state index contributed by atoms with van der Waals surface area (Å²) < 4.78 is 5.39. The molecule has 0 aliphatic heterocycles. The Hall–Kier alpha value is -2.04. The van der Waals surface area contributed by atoms with Crippen LogP contribution in [0, 0.1) is 0 Å². The van der Waals surface area contributed by atoms with Gasteiger partial charge < -0.3 is 16.2 Å². The fourth-order valence-electron chi connectivity index (χ4n) is 1.03. The van der Waals surface area contributed by atoms with Crippen molar-refractivity contribution in [1.82, 2.24) is 0 Å². The van der Waals surface area contributed by atoms with Gasteiger partial charge in [-0.05, 0) is 19.1 Å². The average Bonchev–Trinajstić information content (AvgIpc) is 2.20. The van der Waals surface area contributed by atoms with Crippen molar-refractivity contribution >= 4 is 12.2 Å². The van der Waals surface area contributed by atoms with Gasteiger partial charge in [0, 0.05) is 5.56 Å². The Bertz CT molecular complexity index is 369. The highest BCUT2D eigenvalue weighted by Gasteiger charge is 1.97. The fourth-order valence-corrected chi connectivity index (χ4v) is 1.03. The fraction of sp³-hybridized carbons (Fsp3) is 0.200. The maximum Gasteiger partial charge on any atom is 0.211 e. The van der Waals surface area contributed by atoms with Gasteiger partial charge in [0.15, 0.2) is 0 Å². The Kier molecular flexibility index (Phi) is 4.15. The number of para-hydroxylation sites is 1. The Labute approximate surface area is 88.4 Å². The van der Waals surface area contributed by atoms with Crippen molar-refractivity contribution in [3.63, 3.8) is 0 Å². The summed E-state index contributed by atoms with van der Waals surface area (Å²) in [6.45, 7) is 2.52. The number of nitrogens with zero attached hydrogens (tertiary/aromatic N) is 2. The molecule has 0 radical (unpaired) electrons. The van der Waals surface area contributed by atoms with Gasteiger partial charge in [-0.3, -0.25) is 0 Å². The highest BCUT2D eigenvalue weighted by Crippen LogP contribution is 2.15. The van der Waals surface area contributed by atoms with E-state index in [0.717, 1.165) is 11.3 Å². The average molecular weight is 206 g/mol. The highest BCUT2D eigenvalue weighted by molar-refractivity contribution is 5.84. The van der Waals surface area contributed by atoms with Gasteiger partial charge in [0.1, 0.15) is 5.75 Å². The van der Waals surface area contributed by atoms with Gasteiger partial charge in [-0.2, -0.15) is 5.10 Å². The molecule has 0 atom stereocenters. The molecule has 80 valence electrons. The summed E-state index contributed by atoms with van der Waals surface area (Å²) in [7, 11) is 0. The van der Waals surface area contributed by atoms with Gasteiger partial charge in [-0.25, -0.2) is 0 Å². The molecule has 0 amide bonds. The van der Waals surface area contributed by atoms with Crippen LogP contribution in [0.2, 0.25) is 0 Å². The normalized spacial score (nSPS) is 10.2. The van der Waals surface area contributed by atoms with E-state index in [2.05, 4.69) is 10.2 Å². The van der Waals surface area contributed by atoms with Crippen molar-refractivity contribution in [3.8, 4) is 5.75 Å². The van der Waals surface area contributed by atoms with Crippen LogP contribution in [0.25, 0.3) is 0 Å². The summed E-state index contributed by atoms with van der Waals surface area (Å²) in [4.78, 5) is 0. The lowest BCUT2D eigenvalue weighted by molar-refractivity contribution is 0.340. The minimum absolute atomic E-state index is 0.0693. The largest absolute Gasteiger partial charge is 0.493 e. The lowest BCUT2D eigenvalue weighted by atomic mass is 10.2. The second-order valence-corrected chi connectivity index (χ2v) is 2.74. The number of hydrogen-bond donors (Lipinski definition) is 2. The van der Waals surface area contributed by atoms with E-state index in [1.807, 2.05) is 31.2 Å². The first-order chi connectivity index (χ1) is 7.24. The summed E-state index contributed by atoms with van der Waals surface area (Å²) >= 11 is 0. The Balaban J connectivity index is 2.84. The van der Waals surface area contributed by atoms with Gasteiger partial charge in [0.25, 0.3) is 0 Å². The molecule has 0 bridgehead atoms. The lowest BCUT2D eigenvalue weighted by Crippen LogP contribution is -2.21. The van der Waals surface area contributed by atoms with Crippen LogP contribution in [0.3, 0.4) is 0 Å². The van der Waals surface area contributed by atoms with E-state index in [9.17, 15) is 0 Å². The first kappa shape index (κ1) is 11.0. The molecule has 5 nitrogen and oxygen atoms in total. The van der Waals surface area contributed by atoms with E-state index >= 15 is 0 Å². The van der Waals surface area contributed by atoms with Crippen LogP contribution in [0.1, 0.15) is 12.5 Å². The Morgan fingerprint density at radius 1 is 1.40 bits per heavy atom. The Morgan fingerprint density at radius 2 is 2.13 bits per heavy atom. The van der Waals surface area contributed by atoms with Gasteiger partial charge in [0.2, 0.25) is 5.96 Å². The number of guanidine groups is 1. The van der Waals surface area contributed by atoms with Crippen molar-refractivity contribution in [2.45, 2.75) is 6.92 Å². The zero-order valence-corrected chi connectivity index (χ0v) is 8.55. The van der Waals surface area contributed by atoms with Crippen molar-refractivity contribution in [2.24, 2.45) is 21.7 Å². The number of ether oxygens (including phenoxy) is 1. The number of benzene rings is 1. The third kappa shape index (κ3) is 3.68. The third-order valence-electron chi connectivity index (χ3n) is 1.59. The predicted molar refractivity (Wildman–Crippen MR) is 61.0 cm³/mol. The van der Waals surface area contributed by atoms with Crippen molar-refractivity contribution in [2.75, 3.05) is 6.61 Å². The highest BCUT2D eigenvalue weighted by atomic mass is 16.5. The first-order valence-corrected chi connectivity index (χ1v) is 4.58. The molecule has 4 N–H and O–H groups in total. The zero-order chi connectivity index (χ0) is 11.1. The van der Waals surface area contributed by atoms with Crippen molar-refractivity contribution < 1.29 is 4.74 Å². The Morgan fingerprint density at radius 3 is 2.80 bits per heavy atom. The summed E-state index contributed by atoms with van der Waals surface area (Å²) in [5.41, 5.74) is 11.1. The van der Waals surface area contributed by atoms with Crippen LogP contribution < -0.4 is 16.2 Å². The van der Waals surface area contributed by atoms with Gasteiger partial charge >= 0.3 is 0 Å². The zero-order valence-electron chi connectivity index (χ0n) is 8.55. The van der Waals surface area contributed by atoms with Crippen LogP contribution in [0.4, 0.5) is 0 Å². The number of nitrogens with two attached hydrogens (primary N) is 2. The number of hydrogen-bond acceptors (Lipinski definition) is 3. The maximum atomic E-state index is 5.39. The van der Waals surface area contributed by atoms with E-state index in [1.165, 1.54) is 0 Å². The second-order valence-electron chi connectivity index (χ2n) is 2.74. The van der Waals surface area contributed by atoms with Gasteiger partial charge in [-0.1, -0.05) is 12.1 Å². The minimum Gasteiger partial charge on any atom is -0.493 e. The van der Waals surface area contributed by atoms with Crippen LogP contribution in [-0.2, 0) is 0 Å². The standard InChI is InChI=1S/C10H14N4O/c1-2-15-9-6-4-3-5-8(9)7-13-14-10(11)12/h3-7H,2H2,1H3,(H4,11,12,14)/b13-7-. The third-order valence-corrected chi connectivity index (χ3v) is 1.59. The molecule has 0 aliphatic carbocycles. The molecule has 0 heterocycles. The first-order valence-electron chi connectivity index (χ1n) is 4.58. The SMILES string of the molecule is CCOc1ccccc1/C=N\N=C(N)N. The molecule has 0 saturated carbocycles. The molecular formula is C10H14N4O. The second kappa shape index (κ2) is 5.64.